The Morgan fingerprint density at radius 1 is 1.16 bits per heavy atom. The van der Waals surface area contributed by atoms with Crippen molar-refractivity contribution in [3.05, 3.63) is 36.7 Å². The standard InChI is InChI=1S/C14H21N3OSi/c1-19(2,3)10-9-18-12-17-14(15-11-16-17)13-7-5-4-6-8-13/h4-8,11H,9-10,12H2,1-3H3. The summed E-state index contributed by atoms with van der Waals surface area (Å²) in [5.41, 5.74) is 1.06. The highest BCUT2D eigenvalue weighted by Gasteiger charge is 2.12. The van der Waals surface area contributed by atoms with Crippen LogP contribution in [0.4, 0.5) is 0 Å². The second-order valence-electron chi connectivity index (χ2n) is 5.80. The second kappa shape index (κ2) is 6.12. The Hall–Kier alpha value is -1.46. The van der Waals surface area contributed by atoms with Crippen LogP contribution in [0.3, 0.4) is 0 Å². The van der Waals surface area contributed by atoms with Gasteiger partial charge in [-0.1, -0.05) is 50.0 Å². The van der Waals surface area contributed by atoms with Crippen LogP contribution in [0.2, 0.25) is 25.7 Å². The molecule has 0 amide bonds. The quantitative estimate of drug-likeness (QED) is 0.600. The first-order valence-corrected chi connectivity index (χ1v) is 10.3. The van der Waals surface area contributed by atoms with Gasteiger partial charge in [0.25, 0.3) is 0 Å². The van der Waals surface area contributed by atoms with E-state index in [9.17, 15) is 0 Å². The van der Waals surface area contributed by atoms with Crippen LogP contribution < -0.4 is 0 Å². The van der Waals surface area contributed by atoms with E-state index in [2.05, 4.69) is 29.7 Å². The summed E-state index contributed by atoms with van der Waals surface area (Å²) in [4.78, 5) is 4.29. The maximum absolute atomic E-state index is 5.71. The number of hydrogen-bond acceptors (Lipinski definition) is 3. The Kier molecular flexibility index (Phi) is 4.50. The van der Waals surface area contributed by atoms with Crippen LogP contribution in [-0.2, 0) is 11.5 Å². The summed E-state index contributed by atoms with van der Waals surface area (Å²) in [6.07, 6.45) is 1.57. The van der Waals surface area contributed by atoms with Crippen molar-refractivity contribution >= 4 is 8.07 Å². The van der Waals surface area contributed by atoms with Crippen molar-refractivity contribution in [2.45, 2.75) is 32.4 Å². The van der Waals surface area contributed by atoms with Crippen LogP contribution in [0.1, 0.15) is 0 Å². The Bertz CT molecular complexity index is 505. The summed E-state index contributed by atoms with van der Waals surface area (Å²) in [5, 5.41) is 4.22. The predicted octanol–water partition coefficient (Wildman–Crippen LogP) is 3.26. The highest BCUT2D eigenvalue weighted by atomic mass is 28.3. The molecule has 0 atom stereocenters. The van der Waals surface area contributed by atoms with E-state index in [1.54, 1.807) is 11.0 Å². The molecule has 0 saturated carbocycles. The van der Waals surface area contributed by atoms with Crippen LogP contribution in [0.25, 0.3) is 11.4 Å². The van der Waals surface area contributed by atoms with Crippen molar-refractivity contribution in [2.24, 2.45) is 0 Å². The monoisotopic (exact) mass is 275 g/mol. The lowest BCUT2D eigenvalue weighted by Crippen LogP contribution is -2.22. The Balaban J connectivity index is 1.94. The molecule has 1 aromatic carbocycles. The van der Waals surface area contributed by atoms with Crippen LogP contribution >= 0.6 is 0 Å². The van der Waals surface area contributed by atoms with Crippen molar-refractivity contribution in [1.82, 2.24) is 14.8 Å². The maximum Gasteiger partial charge on any atom is 0.160 e. The topological polar surface area (TPSA) is 39.9 Å². The van der Waals surface area contributed by atoms with Gasteiger partial charge < -0.3 is 4.74 Å². The van der Waals surface area contributed by atoms with Gasteiger partial charge >= 0.3 is 0 Å². The molecule has 0 aliphatic heterocycles. The van der Waals surface area contributed by atoms with Gasteiger partial charge in [0, 0.05) is 20.2 Å². The second-order valence-corrected chi connectivity index (χ2v) is 11.4. The van der Waals surface area contributed by atoms with Gasteiger partial charge in [-0.05, 0) is 6.04 Å². The first-order chi connectivity index (χ1) is 9.06. The first-order valence-electron chi connectivity index (χ1n) is 6.57. The van der Waals surface area contributed by atoms with Crippen molar-refractivity contribution in [3.8, 4) is 11.4 Å². The van der Waals surface area contributed by atoms with Crippen molar-refractivity contribution < 1.29 is 4.74 Å². The van der Waals surface area contributed by atoms with E-state index >= 15 is 0 Å². The fraction of sp³-hybridized carbons (Fsp3) is 0.429. The van der Waals surface area contributed by atoms with E-state index < -0.39 is 8.07 Å². The fourth-order valence-electron chi connectivity index (χ4n) is 1.70. The molecule has 0 spiro atoms. The van der Waals surface area contributed by atoms with Gasteiger partial charge in [0.15, 0.2) is 5.82 Å². The summed E-state index contributed by atoms with van der Waals surface area (Å²) in [6, 6.07) is 11.2. The Labute approximate surface area is 115 Å². The molecule has 2 rings (SSSR count). The molecular weight excluding hydrogens is 254 g/mol. The third-order valence-electron chi connectivity index (χ3n) is 2.86. The number of ether oxygens (including phenoxy) is 1. The van der Waals surface area contributed by atoms with E-state index in [1.807, 2.05) is 30.3 Å². The van der Waals surface area contributed by atoms with Crippen molar-refractivity contribution in [2.75, 3.05) is 6.61 Å². The number of rotatable bonds is 6. The van der Waals surface area contributed by atoms with Gasteiger partial charge in [0.05, 0.1) is 0 Å². The molecule has 0 unspecified atom stereocenters. The van der Waals surface area contributed by atoms with E-state index in [0.717, 1.165) is 18.0 Å². The predicted molar refractivity (Wildman–Crippen MR) is 79.6 cm³/mol. The zero-order chi connectivity index (χ0) is 13.7. The first kappa shape index (κ1) is 14.0. The number of hydrogen-bond donors (Lipinski definition) is 0. The lowest BCUT2D eigenvalue weighted by atomic mass is 10.2. The fourth-order valence-corrected chi connectivity index (χ4v) is 2.46. The van der Waals surface area contributed by atoms with Gasteiger partial charge in [-0.15, -0.1) is 0 Å². The molecule has 1 heterocycles. The number of nitrogens with zero attached hydrogens (tertiary/aromatic N) is 3. The van der Waals surface area contributed by atoms with Crippen molar-refractivity contribution in [3.63, 3.8) is 0 Å². The zero-order valence-corrected chi connectivity index (χ0v) is 12.8. The Morgan fingerprint density at radius 2 is 1.89 bits per heavy atom. The molecule has 0 aliphatic rings. The van der Waals surface area contributed by atoms with Gasteiger partial charge in [-0.25, -0.2) is 9.67 Å². The molecule has 0 fully saturated rings. The minimum absolute atomic E-state index is 0.467. The normalized spacial score (nSPS) is 11.7. The molecule has 0 saturated heterocycles. The lowest BCUT2D eigenvalue weighted by Gasteiger charge is -2.15. The third-order valence-corrected chi connectivity index (χ3v) is 4.56. The minimum atomic E-state index is -1.03. The SMILES string of the molecule is C[Si](C)(C)CCOCn1ncnc1-c1ccccc1. The molecule has 0 bridgehead atoms. The summed E-state index contributed by atoms with van der Waals surface area (Å²) >= 11 is 0. The molecule has 0 aliphatic carbocycles. The molecule has 19 heavy (non-hydrogen) atoms. The van der Waals surface area contributed by atoms with E-state index in [1.165, 1.54) is 6.04 Å². The summed E-state index contributed by atoms with van der Waals surface area (Å²) in [5.74, 6) is 0.855. The highest BCUT2D eigenvalue weighted by molar-refractivity contribution is 6.76. The average Bonchev–Trinajstić information content (AvgIpc) is 2.83. The lowest BCUT2D eigenvalue weighted by molar-refractivity contribution is 0.0796. The van der Waals surface area contributed by atoms with Crippen LogP contribution in [0.15, 0.2) is 36.7 Å². The van der Waals surface area contributed by atoms with Gasteiger partial charge in [-0.2, -0.15) is 5.10 Å². The summed E-state index contributed by atoms with van der Waals surface area (Å²) in [6.45, 7) is 8.31. The van der Waals surface area contributed by atoms with Crippen LogP contribution in [0.5, 0.6) is 0 Å². The molecule has 0 N–H and O–H groups in total. The van der Waals surface area contributed by atoms with Crippen LogP contribution in [-0.4, -0.2) is 29.4 Å². The smallest absolute Gasteiger partial charge is 0.160 e. The largest absolute Gasteiger partial charge is 0.359 e. The molecular formula is C14H21N3OSi. The average molecular weight is 275 g/mol. The molecule has 4 nitrogen and oxygen atoms in total. The highest BCUT2D eigenvalue weighted by Crippen LogP contribution is 2.15. The molecule has 5 heteroatoms. The number of aromatic nitrogens is 3. The molecule has 0 radical (unpaired) electrons. The summed E-state index contributed by atoms with van der Waals surface area (Å²) in [7, 11) is -1.03. The molecule has 2 aromatic rings. The van der Waals surface area contributed by atoms with Gasteiger partial charge in [-0.3, -0.25) is 0 Å². The van der Waals surface area contributed by atoms with Crippen molar-refractivity contribution in [1.29, 1.82) is 0 Å². The van der Waals surface area contributed by atoms with E-state index in [0.29, 0.717) is 6.73 Å². The number of benzene rings is 1. The zero-order valence-electron chi connectivity index (χ0n) is 11.8. The van der Waals surface area contributed by atoms with Gasteiger partial charge in [0.1, 0.15) is 13.1 Å². The minimum Gasteiger partial charge on any atom is -0.359 e. The maximum atomic E-state index is 5.71. The third kappa shape index (κ3) is 4.29. The van der Waals surface area contributed by atoms with Crippen LogP contribution in [0, 0.1) is 0 Å². The molecule has 102 valence electrons. The van der Waals surface area contributed by atoms with E-state index in [-0.39, 0.29) is 0 Å². The molecule has 1 aromatic heterocycles. The Morgan fingerprint density at radius 3 is 2.58 bits per heavy atom. The van der Waals surface area contributed by atoms with Gasteiger partial charge in [0.2, 0.25) is 0 Å². The summed E-state index contributed by atoms with van der Waals surface area (Å²) < 4.78 is 7.52. The van der Waals surface area contributed by atoms with E-state index in [4.69, 9.17) is 4.74 Å².